The minimum Gasteiger partial charge on any atom is -0.435 e. The highest BCUT2D eigenvalue weighted by molar-refractivity contribution is 7.97. The van der Waals surface area contributed by atoms with E-state index in [1.165, 1.54) is 18.2 Å². The van der Waals surface area contributed by atoms with Gasteiger partial charge in [0.2, 0.25) is 0 Å². The fraction of sp³-hybridized carbons (Fsp3) is 0.316. The zero-order chi connectivity index (χ0) is 19.6. The summed E-state index contributed by atoms with van der Waals surface area (Å²) in [5, 5.41) is 6.29. The third kappa shape index (κ3) is 7.05. The highest BCUT2D eigenvalue weighted by Gasteiger charge is 2.07. The Morgan fingerprint density at radius 2 is 1.89 bits per heavy atom. The van der Waals surface area contributed by atoms with Gasteiger partial charge in [0.05, 0.1) is 0 Å². The van der Waals surface area contributed by atoms with Crippen LogP contribution >= 0.6 is 11.8 Å². The summed E-state index contributed by atoms with van der Waals surface area (Å²) in [5.41, 5.74) is 2.70. The largest absolute Gasteiger partial charge is 0.435 e. The molecule has 0 aliphatic rings. The van der Waals surface area contributed by atoms with Crippen LogP contribution < -0.4 is 15.4 Å². The molecule has 2 aromatic rings. The van der Waals surface area contributed by atoms with Crippen molar-refractivity contribution in [1.82, 2.24) is 10.6 Å². The maximum absolute atomic E-state index is 13.4. The highest BCUT2D eigenvalue weighted by Crippen LogP contribution is 2.17. The van der Waals surface area contributed by atoms with Crippen LogP contribution in [0.5, 0.6) is 5.75 Å². The van der Waals surface area contributed by atoms with E-state index in [1.54, 1.807) is 43.1 Å². The Balaban J connectivity index is 1.93. The molecule has 0 spiro atoms. The minimum atomic E-state index is -2.85. The summed E-state index contributed by atoms with van der Waals surface area (Å²) in [6.45, 7) is -1.97. The first-order valence-corrected chi connectivity index (χ1v) is 9.65. The normalized spacial score (nSPS) is 11.6. The smallest absolute Gasteiger partial charge is 0.387 e. The first-order chi connectivity index (χ1) is 13.0. The van der Waals surface area contributed by atoms with E-state index >= 15 is 0 Å². The Morgan fingerprint density at radius 1 is 1.11 bits per heavy atom. The van der Waals surface area contributed by atoms with Crippen molar-refractivity contribution in [2.45, 2.75) is 25.5 Å². The maximum atomic E-state index is 13.4. The predicted molar refractivity (Wildman–Crippen MR) is 104 cm³/mol. The van der Waals surface area contributed by atoms with Gasteiger partial charge in [0.1, 0.15) is 11.6 Å². The van der Waals surface area contributed by atoms with E-state index in [-0.39, 0.29) is 11.6 Å². The Morgan fingerprint density at radius 3 is 2.59 bits per heavy atom. The lowest BCUT2D eigenvalue weighted by molar-refractivity contribution is -0.0498. The van der Waals surface area contributed by atoms with E-state index in [0.29, 0.717) is 19.0 Å². The molecule has 0 amide bonds. The molecule has 0 aliphatic heterocycles. The third-order valence-electron chi connectivity index (χ3n) is 3.72. The number of aliphatic imine (C=N–C) groups is 1. The average Bonchev–Trinajstić information content (AvgIpc) is 2.63. The second-order valence-corrected chi connectivity index (χ2v) is 6.52. The summed E-state index contributed by atoms with van der Waals surface area (Å²) >= 11 is 1.63. The number of thioether (sulfide) groups is 1. The zero-order valence-electron chi connectivity index (χ0n) is 15.1. The monoisotopic (exact) mass is 397 g/mol. The van der Waals surface area contributed by atoms with Crippen LogP contribution in [-0.2, 0) is 18.8 Å². The van der Waals surface area contributed by atoms with Crippen molar-refractivity contribution in [2.75, 3.05) is 13.3 Å². The lowest BCUT2D eigenvalue weighted by Gasteiger charge is -2.14. The van der Waals surface area contributed by atoms with Crippen molar-refractivity contribution < 1.29 is 17.9 Å². The number of halogens is 3. The van der Waals surface area contributed by atoms with Gasteiger partial charge in [0, 0.05) is 25.9 Å². The molecule has 0 fully saturated rings. The molecule has 8 heteroatoms. The Kier molecular flexibility index (Phi) is 8.32. The standard InChI is InChI=1S/C19H22F3N3OS/c1-23-19(24-10-13-4-3-5-17(8-13)26-18(21)22)25-11-14-6-7-16(20)9-15(14)12-27-2/h3-9,18H,10-12H2,1-2H3,(H2,23,24,25). The van der Waals surface area contributed by atoms with Crippen molar-refractivity contribution in [3.63, 3.8) is 0 Å². The van der Waals surface area contributed by atoms with Crippen molar-refractivity contribution in [3.8, 4) is 5.75 Å². The molecule has 0 heterocycles. The Labute approximate surface area is 161 Å². The van der Waals surface area contributed by atoms with E-state index in [9.17, 15) is 13.2 Å². The van der Waals surface area contributed by atoms with Gasteiger partial charge >= 0.3 is 6.61 Å². The molecule has 27 heavy (non-hydrogen) atoms. The Bertz CT molecular complexity index is 772. The van der Waals surface area contributed by atoms with Crippen LogP contribution in [0.3, 0.4) is 0 Å². The number of nitrogens with one attached hydrogen (secondary N) is 2. The summed E-state index contributed by atoms with van der Waals surface area (Å²) < 4.78 is 42.4. The van der Waals surface area contributed by atoms with Gasteiger partial charge in [0.25, 0.3) is 0 Å². The van der Waals surface area contributed by atoms with Crippen LogP contribution in [0, 0.1) is 5.82 Å². The van der Waals surface area contributed by atoms with Gasteiger partial charge in [-0.15, -0.1) is 0 Å². The molecule has 0 aliphatic carbocycles. The van der Waals surface area contributed by atoms with Gasteiger partial charge in [-0.1, -0.05) is 18.2 Å². The quantitative estimate of drug-likeness (QED) is 0.519. The molecule has 4 nitrogen and oxygen atoms in total. The molecule has 0 bridgehead atoms. The second kappa shape index (κ2) is 10.7. The molecular formula is C19H22F3N3OS. The van der Waals surface area contributed by atoms with E-state index in [0.717, 1.165) is 22.4 Å². The third-order valence-corrected chi connectivity index (χ3v) is 4.32. The molecule has 0 saturated heterocycles. The van der Waals surface area contributed by atoms with E-state index in [1.807, 2.05) is 6.26 Å². The molecular weight excluding hydrogens is 375 g/mol. The van der Waals surface area contributed by atoms with E-state index < -0.39 is 6.61 Å². The number of alkyl halides is 2. The summed E-state index contributed by atoms with van der Waals surface area (Å²) in [5.74, 6) is 1.13. The van der Waals surface area contributed by atoms with Crippen molar-refractivity contribution in [3.05, 3.63) is 65.0 Å². The van der Waals surface area contributed by atoms with Gasteiger partial charge in [-0.2, -0.15) is 20.5 Å². The second-order valence-electron chi connectivity index (χ2n) is 5.65. The molecule has 0 unspecified atom stereocenters. The number of ether oxygens (including phenoxy) is 1. The highest BCUT2D eigenvalue weighted by atomic mass is 32.2. The van der Waals surface area contributed by atoms with Crippen molar-refractivity contribution in [1.29, 1.82) is 0 Å². The lowest BCUT2D eigenvalue weighted by Crippen LogP contribution is -2.36. The molecule has 2 aromatic carbocycles. The topological polar surface area (TPSA) is 45.7 Å². The van der Waals surface area contributed by atoms with Gasteiger partial charge in [0.15, 0.2) is 5.96 Å². The van der Waals surface area contributed by atoms with Crippen LogP contribution in [-0.4, -0.2) is 25.9 Å². The number of hydrogen-bond donors (Lipinski definition) is 2. The summed E-state index contributed by atoms with van der Waals surface area (Å²) in [6.07, 6.45) is 1.97. The van der Waals surface area contributed by atoms with Gasteiger partial charge in [-0.25, -0.2) is 4.39 Å². The molecule has 0 saturated carbocycles. The van der Waals surface area contributed by atoms with Crippen molar-refractivity contribution >= 4 is 17.7 Å². The van der Waals surface area contributed by atoms with Crippen LogP contribution in [0.25, 0.3) is 0 Å². The van der Waals surface area contributed by atoms with Crippen LogP contribution in [0.15, 0.2) is 47.5 Å². The van der Waals surface area contributed by atoms with Crippen LogP contribution in [0.4, 0.5) is 13.2 Å². The molecule has 146 valence electrons. The van der Waals surface area contributed by atoms with E-state index in [2.05, 4.69) is 20.4 Å². The predicted octanol–water partition coefficient (Wildman–Crippen LogP) is 4.16. The first kappa shape index (κ1) is 21.0. The number of hydrogen-bond acceptors (Lipinski definition) is 3. The molecule has 0 atom stereocenters. The van der Waals surface area contributed by atoms with Crippen LogP contribution in [0.1, 0.15) is 16.7 Å². The average molecular weight is 397 g/mol. The summed E-state index contributed by atoms with van der Waals surface area (Å²) in [6, 6.07) is 11.2. The lowest BCUT2D eigenvalue weighted by atomic mass is 10.1. The van der Waals surface area contributed by atoms with Gasteiger partial charge < -0.3 is 15.4 Å². The number of guanidine groups is 1. The molecule has 2 rings (SSSR count). The fourth-order valence-electron chi connectivity index (χ4n) is 2.47. The van der Waals surface area contributed by atoms with Gasteiger partial charge in [-0.3, -0.25) is 4.99 Å². The van der Waals surface area contributed by atoms with Crippen molar-refractivity contribution in [2.24, 2.45) is 4.99 Å². The minimum absolute atomic E-state index is 0.111. The number of benzene rings is 2. The molecule has 2 N–H and O–H groups in total. The number of rotatable bonds is 8. The molecule has 0 radical (unpaired) electrons. The summed E-state index contributed by atoms with van der Waals surface area (Å²) in [7, 11) is 1.64. The zero-order valence-corrected chi connectivity index (χ0v) is 16.0. The Hall–Kier alpha value is -2.35. The van der Waals surface area contributed by atoms with Gasteiger partial charge in [-0.05, 0) is 47.2 Å². The first-order valence-electron chi connectivity index (χ1n) is 8.26. The maximum Gasteiger partial charge on any atom is 0.387 e. The fourth-order valence-corrected chi connectivity index (χ4v) is 3.05. The number of nitrogens with zero attached hydrogens (tertiary/aromatic N) is 1. The summed E-state index contributed by atoms with van der Waals surface area (Å²) in [4.78, 5) is 4.15. The SMILES string of the molecule is CN=C(NCc1cccc(OC(F)F)c1)NCc1ccc(F)cc1CSC. The van der Waals surface area contributed by atoms with E-state index in [4.69, 9.17) is 0 Å². The van der Waals surface area contributed by atoms with Crippen LogP contribution in [0.2, 0.25) is 0 Å². The molecule has 0 aromatic heterocycles.